The van der Waals surface area contributed by atoms with Gasteiger partial charge in [-0.1, -0.05) is 24.3 Å². The maximum atomic E-state index is 15.0. The first kappa shape index (κ1) is 21.7. The summed E-state index contributed by atoms with van der Waals surface area (Å²) >= 11 is 0. The fraction of sp³-hybridized carbons (Fsp3) is 0.0833. The monoisotopic (exact) mass is 475 g/mol. The molecule has 1 N–H and O–H groups in total. The van der Waals surface area contributed by atoms with Gasteiger partial charge in [0.2, 0.25) is 15.0 Å². The molecule has 0 saturated carbocycles. The van der Waals surface area contributed by atoms with E-state index in [-0.39, 0.29) is 10.8 Å². The Morgan fingerprint density at radius 2 is 1.79 bits per heavy atom. The Morgan fingerprint density at radius 1 is 1.03 bits per heavy atom. The van der Waals surface area contributed by atoms with E-state index in [2.05, 4.69) is 20.3 Å². The van der Waals surface area contributed by atoms with Crippen molar-refractivity contribution in [1.82, 2.24) is 19.4 Å². The predicted octanol–water partition coefficient (Wildman–Crippen LogP) is 4.05. The molecule has 0 aliphatic carbocycles. The third-order valence-electron chi connectivity index (χ3n) is 5.27. The first-order valence-corrected chi connectivity index (χ1v) is 12.1. The zero-order valence-electron chi connectivity index (χ0n) is 18.2. The van der Waals surface area contributed by atoms with E-state index in [0.29, 0.717) is 39.1 Å². The van der Waals surface area contributed by atoms with Crippen LogP contribution in [0.4, 0.5) is 10.1 Å². The molecule has 34 heavy (non-hydrogen) atoms. The number of benzene rings is 2. The Hall–Kier alpha value is -4.18. The quantitative estimate of drug-likeness (QED) is 0.393. The van der Waals surface area contributed by atoms with Gasteiger partial charge < -0.3 is 5.32 Å². The molecule has 2 aromatic carbocycles. The number of fused-ring (bicyclic) bond motifs is 3. The van der Waals surface area contributed by atoms with Gasteiger partial charge in [0.15, 0.2) is 5.65 Å². The minimum Gasteiger partial charge on any atom is -0.319 e. The number of sulfone groups is 1. The van der Waals surface area contributed by atoms with Crippen molar-refractivity contribution in [1.29, 1.82) is 0 Å². The molecule has 0 bridgehead atoms. The number of nitrogens with zero attached hydrogens (tertiary/aromatic N) is 4. The van der Waals surface area contributed by atoms with Gasteiger partial charge in [0.1, 0.15) is 11.5 Å². The Labute approximate surface area is 194 Å². The summed E-state index contributed by atoms with van der Waals surface area (Å²) in [5, 5.41) is 2.86. The van der Waals surface area contributed by atoms with Gasteiger partial charge in [-0.3, -0.25) is 9.20 Å². The van der Waals surface area contributed by atoms with Crippen LogP contribution in [0.3, 0.4) is 0 Å². The number of anilines is 1. The SMILES string of the molecule is Cc1cn2c(n1)c(-c1ccc(NC(=O)c3ccccc3)c(F)c1)cc1cnc(S(C)(=O)=O)nc12. The van der Waals surface area contributed by atoms with Gasteiger partial charge >= 0.3 is 0 Å². The third kappa shape index (κ3) is 3.88. The highest BCUT2D eigenvalue weighted by atomic mass is 32.2. The summed E-state index contributed by atoms with van der Waals surface area (Å²) in [6, 6.07) is 14.8. The maximum absolute atomic E-state index is 15.0. The Morgan fingerprint density at radius 3 is 2.50 bits per heavy atom. The van der Waals surface area contributed by atoms with E-state index in [1.807, 2.05) is 0 Å². The summed E-state index contributed by atoms with van der Waals surface area (Å²) in [5.41, 5.74) is 3.15. The van der Waals surface area contributed by atoms with Crippen LogP contribution >= 0.6 is 0 Å². The Balaban J connectivity index is 1.60. The largest absolute Gasteiger partial charge is 0.319 e. The molecule has 8 nitrogen and oxygen atoms in total. The fourth-order valence-electron chi connectivity index (χ4n) is 3.69. The molecular weight excluding hydrogens is 457 g/mol. The molecule has 0 aliphatic heterocycles. The third-order valence-corrected chi connectivity index (χ3v) is 6.13. The molecule has 10 heteroatoms. The molecule has 0 spiro atoms. The maximum Gasteiger partial charge on any atom is 0.255 e. The molecule has 1 amide bonds. The number of hydrogen-bond donors (Lipinski definition) is 1. The molecule has 0 unspecified atom stereocenters. The first-order valence-electron chi connectivity index (χ1n) is 10.2. The van der Waals surface area contributed by atoms with Crippen LogP contribution in [0.25, 0.3) is 27.8 Å². The lowest BCUT2D eigenvalue weighted by molar-refractivity contribution is 0.102. The van der Waals surface area contributed by atoms with Crippen LogP contribution in [0.5, 0.6) is 0 Å². The zero-order chi connectivity index (χ0) is 24.0. The Bertz CT molecular complexity index is 1700. The number of hydrogen-bond acceptors (Lipinski definition) is 6. The van der Waals surface area contributed by atoms with E-state index in [0.717, 1.165) is 6.26 Å². The van der Waals surface area contributed by atoms with Gasteiger partial charge in [0.25, 0.3) is 5.91 Å². The molecule has 0 atom stereocenters. The van der Waals surface area contributed by atoms with E-state index in [4.69, 9.17) is 0 Å². The second kappa shape index (κ2) is 7.99. The molecule has 0 fully saturated rings. The highest BCUT2D eigenvalue weighted by Crippen LogP contribution is 2.31. The van der Waals surface area contributed by atoms with Crippen molar-refractivity contribution in [2.45, 2.75) is 12.1 Å². The number of pyridine rings is 1. The standard InChI is InChI=1S/C24H18FN5O3S/c1-14-13-30-21-17(12-26-24(29-21)34(2,32)33)10-18(22(30)27-14)16-8-9-20(19(25)11-16)28-23(31)15-6-4-3-5-7-15/h3-13H,1-2H3,(H,28,31). The number of aromatic nitrogens is 4. The first-order chi connectivity index (χ1) is 16.2. The predicted molar refractivity (Wildman–Crippen MR) is 126 cm³/mol. The zero-order valence-corrected chi connectivity index (χ0v) is 19.0. The number of carbonyl (C=O) groups is 1. The van der Waals surface area contributed by atoms with Crippen LogP contribution in [0.1, 0.15) is 16.1 Å². The number of rotatable bonds is 4. The van der Waals surface area contributed by atoms with Crippen LogP contribution < -0.4 is 5.32 Å². The molecular formula is C24H18FN5O3S. The number of carbonyl (C=O) groups excluding carboxylic acids is 1. The molecule has 3 heterocycles. The van der Waals surface area contributed by atoms with Crippen LogP contribution in [0, 0.1) is 12.7 Å². The molecule has 0 radical (unpaired) electrons. The van der Waals surface area contributed by atoms with Crippen molar-refractivity contribution >= 4 is 38.1 Å². The lowest BCUT2D eigenvalue weighted by atomic mass is 10.0. The van der Waals surface area contributed by atoms with Crippen LogP contribution in [0.15, 0.2) is 72.1 Å². The van der Waals surface area contributed by atoms with Gasteiger partial charge in [0.05, 0.1) is 11.4 Å². The van der Waals surface area contributed by atoms with Gasteiger partial charge in [-0.15, -0.1) is 0 Å². The van der Waals surface area contributed by atoms with E-state index in [9.17, 15) is 17.6 Å². The summed E-state index contributed by atoms with van der Waals surface area (Å²) in [7, 11) is -3.60. The lowest BCUT2D eigenvalue weighted by Crippen LogP contribution is -2.12. The molecule has 3 aromatic heterocycles. The highest BCUT2D eigenvalue weighted by molar-refractivity contribution is 7.90. The Kier molecular flexibility index (Phi) is 5.09. The summed E-state index contributed by atoms with van der Waals surface area (Å²) in [6.45, 7) is 1.80. The second-order valence-electron chi connectivity index (χ2n) is 7.85. The van der Waals surface area contributed by atoms with Crippen molar-refractivity contribution in [2.75, 3.05) is 11.6 Å². The summed E-state index contributed by atoms with van der Waals surface area (Å²) in [5.74, 6) is -1.02. The average molecular weight is 476 g/mol. The van der Waals surface area contributed by atoms with E-state index < -0.39 is 21.6 Å². The van der Waals surface area contributed by atoms with Crippen LogP contribution in [0.2, 0.25) is 0 Å². The van der Waals surface area contributed by atoms with Gasteiger partial charge in [-0.05, 0) is 42.8 Å². The van der Waals surface area contributed by atoms with E-state index in [1.54, 1.807) is 60.0 Å². The number of aryl methyl sites for hydroxylation is 1. The summed E-state index contributed by atoms with van der Waals surface area (Å²) in [6.07, 6.45) is 4.19. The van der Waals surface area contributed by atoms with Crippen molar-refractivity contribution in [2.24, 2.45) is 0 Å². The summed E-state index contributed by atoms with van der Waals surface area (Å²) in [4.78, 5) is 25.1. The fourth-order valence-corrected chi connectivity index (χ4v) is 4.19. The molecule has 0 aliphatic rings. The second-order valence-corrected chi connectivity index (χ2v) is 9.76. The van der Waals surface area contributed by atoms with Gasteiger partial charge in [0, 0.05) is 35.2 Å². The van der Waals surface area contributed by atoms with E-state index >= 15 is 0 Å². The number of imidazole rings is 1. The van der Waals surface area contributed by atoms with Crippen molar-refractivity contribution in [3.63, 3.8) is 0 Å². The number of amides is 1. The van der Waals surface area contributed by atoms with Crippen molar-refractivity contribution < 1.29 is 17.6 Å². The van der Waals surface area contributed by atoms with Gasteiger partial charge in [-0.2, -0.15) is 4.98 Å². The van der Waals surface area contributed by atoms with Gasteiger partial charge in [-0.25, -0.2) is 22.8 Å². The van der Waals surface area contributed by atoms with Crippen molar-refractivity contribution in [3.05, 3.63) is 84.1 Å². The average Bonchev–Trinajstić information content (AvgIpc) is 3.21. The molecule has 170 valence electrons. The number of halogens is 1. The minimum atomic E-state index is -3.60. The molecule has 0 saturated heterocycles. The topological polar surface area (TPSA) is 106 Å². The molecule has 5 rings (SSSR count). The number of nitrogens with one attached hydrogen (secondary N) is 1. The smallest absolute Gasteiger partial charge is 0.255 e. The van der Waals surface area contributed by atoms with Crippen LogP contribution in [-0.2, 0) is 9.84 Å². The van der Waals surface area contributed by atoms with Crippen LogP contribution in [-0.4, -0.2) is 39.9 Å². The summed E-state index contributed by atoms with van der Waals surface area (Å²) < 4.78 is 40.5. The lowest BCUT2D eigenvalue weighted by Gasteiger charge is -2.11. The van der Waals surface area contributed by atoms with E-state index in [1.165, 1.54) is 18.3 Å². The minimum absolute atomic E-state index is 0.0510. The van der Waals surface area contributed by atoms with Crippen molar-refractivity contribution in [3.8, 4) is 11.1 Å². The highest BCUT2D eigenvalue weighted by Gasteiger charge is 2.18. The normalized spacial score (nSPS) is 11.7. The molecule has 5 aromatic rings.